The summed E-state index contributed by atoms with van der Waals surface area (Å²) >= 11 is 0. The molecule has 0 radical (unpaired) electrons. The van der Waals surface area contributed by atoms with Crippen LogP contribution in [0.3, 0.4) is 0 Å². The number of pyridine rings is 1. The van der Waals surface area contributed by atoms with Gasteiger partial charge in [-0.1, -0.05) is 0 Å². The van der Waals surface area contributed by atoms with Gasteiger partial charge in [0, 0.05) is 48.4 Å². The van der Waals surface area contributed by atoms with Gasteiger partial charge in [-0.25, -0.2) is 4.98 Å². The van der Waals surface area contributed by atoms with Gasteiger partial charge in [-0.2, -0.15) is 5.10 Å². The summed E-state index contributed by atoms with van der Waals surface area (Å²) in [6.45, 7) is 4.07. The van der Waals surface area contributed by atoms with E-state index in [1.165, 1.54) is 12.1 Å². The second-order valence-electron chi connectivity index (χ2n) is 6.82. The number of piperidine rings is 1. The van der Waals surface area contributed by atoms with Crippen LogP contribution in [0.5, 0.6) is 11.5 Å². The number of ether oxygens (including phenoxy) is 2. The van der Waals surface area contributed by atoms with Gasteiger partial charge in [0.25, 0.3) is 0 Å². The molecule has 26 heavy (non-hydrogen) atoms. The largest absolute Gasteiger partial charge is 0.497 e. The van der Waals surface area contributed by atoms with E-state index in [2.05, 4.69) is 34.2 Å². The number of H-pyrrole nitrogens is 1. The Labute approximate surface area is 153 Å². The van der Waals surface area contributed by atoms with E-state index in [-0.39, 0.29) is 0 Å². The highest BCUT2D eigenvalue weighted by Gasteiger charge is 2.24. The third-order valence-electron chi connectivity index (χ3n) is 5.19. The Morgan fingerprint density at radius 2 is 2.08 bits per heavy atom. The van der Waals surface area contributed by atoms with Crippen molar-refractivity contribution in [2.45, 2.75) is 25.7 Å². The topological polar surface area (TPSA) is 63.3 Å². The lowest BCUT2D eigenvalue weighted by Crippen LogP contribution is -2.35. The first-order valence-electron chi connectivity index (χ1n) is 8.97. The van der Waals surface area contributed by atoms with Gasteiger partial charge < -0.3 is 14.4 Å². The maximum Gasteiger partial charge on any atom is 0.132 e. The van der Waals surface area contributed by atoms with Gasteiger partial charge in [0.15, 0.2) is 0 Å². The predicted octanol–water partition coefficient (Wildman–Crippen LogP) is 3.67. The van der Waals surface area contributed by atoms with Crippen molar-refractivity contribution >= 4 is 16.7 Å². The number of hydrogen-bond donors (Lipinski definition) is 1. The predicted molar refractivity (Wildman–Crippen MR) is 102 cm³/mol. The van der Waals surface area contributed by atoms with Crippen LogP contribution in [0.1, 0.15) is 30.0 Å². The average molecular weight is 352 g/mol. The molecule has 0 spiro atoms. The zero-order valence-electron chi connectivity index (χ0n) is 15.5. The van der Waals surface area contributed by atoms with E-state index in [9.17, 15) is 0 Å². The van der Waals surface area contributed by atoms with Crippen LogP contribution >= 0.6 is 0 Å². The van der Waals surface area contributed by atoms with Crippen LogP contribution in [0.4, 0.5) is 5.82 Å². The molecule has 136 valence electrons. The fourth-order valence-corrected chi connectivity index (χ4v) is 3.86. The maximum absolute atomic E-state index is 5.56. The first kappa shape index (κ1) is 16.7. The van der Waals surface area contributed by atoms with Crippen LogP contribution in [0, 0.1) is 6.92 Å². The van der Waals surface area contributed by atoms with E-state index in [0.29, 0.717) is 5.92 Å². The van der Waals surface area contributed by atoms with Crippen LogP contribution in [-0.2, 0) is 0 Å². The Morgan fingerprint density at radius 1 is 1.19 bits per heavy atom. The molecule has 3 aromatic rings. The fraction of sp³-hybridized carbons (Fsp3) is 0.400. The number of methoxy groups -OCH3 is 2. The molecule has 0 aliphatic carbocycles. The lowest BCUT2D eigenvalue weighted by atomic mass is 9.95. The number of aromatic amines is 1. The molecule has 0 amide bonds. The molecule has 1 N–H and O–H groups in total. The van der Waals surface area contributed by atoms with Crippen LogP contribution in [0.2, 0.25) is 0 Å². The van der Waals surface area contributed by atoms with Crippen LogP contribution in [-0.4, -0.2) is 42.5 Å². The number of rotatable bonds is 4. The quantitative estimate of drug-likeness (QED) is 0.776. The molecule has 1 aliphatic rings. The van der Waals surface area contributed by atoms with Gasteiger partial charge in [0.1, 0.15) is 17.3 Å². The standard InChI is InChI=1S/C20H24N4O2/c1-13-9-19(22-17-10-15(25-2)11-18(26-3)20(13)17)24-8-4-5-14(12-24)16-6-7-21-23-16/h6-7,9-11,14H,4-5,8,12H2,1-3H3,(H,21,23). The summed E-state index contributed by atoms with van der Waals surface area (Å²) in [5.41, 5.74) is 3.27. The van der Waals surface area contributed by atoms with Gasteiger partial charge in [-0.15, -0.1) is 0 Å². The van der Waals surface area contributed by atoms with Crippen molar-refractivity contribution in [1.82, 2.24) is 15.2 Å². The summed E-state index contributed by atoms with van der Waals surface area (Å²) in [5, 5.41) is 8.26. The lowest BCUT2D eigenvalue weighted by molar-refractivity contribution is 0.397. The van der Waals surface area contributed by atoms with Crippen molar-refractivity contribution in [3.8, 4) is 11.5 Å². The maximum atomic E-state index is 5.56. The van der Waals surface area contributed by atoms with Crippen molar-refractivity contribution in [3.63, 3.8) is 0 Å². The molecule has 1 unspecified atom stereocenters. The summed E-state index contributed by atoms with van der Waals surface area (Å²) in [4.78, 5) is 7.30. The second-order valence-corrected chi connectivity index (χ2v) is 6.82. The van der Waals surface area contributed by atoms with Crippen molar-refractivity contribution in [2.75, 3.05) is 32.2 Å². The Morgan fingerprint density at radius 3 is 2.81 bits per heavy atom. The number of fused-ring (bicyclic) bond motifs is 1. The highest BCUT2D eigenvalue weighted by atomic mass is 16.5. The Kier molecular flexibility index (Phi) is 4.41. The number of nitrogens with one attached hydrogen (secondary N) is 1. The molecule has 6 nitrogen and oxygen atoms in total. The normalized spacial score (nSPS) is 17.5. The highest BCUT2D eigenvalue weighted by molar-refractivity contribution is 5.91. The number of benzene rings is 1. The smallest absolute Gasteiger partial charge is 0.132 e. The van der Waals surface area contributed by atoms with Gasteiger partial charge in [0.2, 0.25) is 0 Å². The number of aromatic nitrogens is 3. The van der Waals surface area contributed by atoms with E-state index >= 15 is 0 Å². The SMILES string of the molecule is COc1cc(OC)c2c(C)cc(N3CCCC(c4ccn[nH]4)C3)nc2c1. The zero-order chi connectivity index (χ0) is 18.1. The van der Waals surface area contributed by atoms with E-state index in [1.54, 1.807) is 14.2 Å². The van der Waals surface area contributed by atoms with Crippen LogP contribution in [0.15, 0.2) is 30.5 Å². The van der Waals surface area contributed by atoms with Gasteiger partial charge in [-0.05, 0) is 37.5 Å². The third-order valence-corrected chi connectivity index (χ3v) is 5.19. The van der Waals surface area contributed by atoms with E-state index in [4.69, 9.17) is 14.5 Å². The van der Waals surface area contributed by atoms with Crippen molar-refractivity contribution < 1.29 is 9.47 Å². The van der Waals surface area contributed by atoms with Crippen molar-refractivity contribution in [3.05, 3.63) is 41.7 Å². The number of nitrogens with zero attached hydrogens (tertiary/aromatic N) is 3. The number of hydrogen-bond acceptors (Lipinski definition) is 5. The minimum absolute atomic E-state index is 0.462. The minimum Gasteiger partial charge on any atom is -0.497 e. The molecule has 1 atom stereocenters. The Hall–Kier alpha value is -2.76. The molecule has 1 saturated heterocycles. The van der Waals surface area contributed by atoms with Crippen molar-refractivity contribution in [1.29, 1.82) is 0 Å². The molecule has 4 rings (SSSR count). The molecular weight excluding hydrogens is 328 g/mol. The molecule has 1 aliphatic heterocycles. The molecular formula is C20H24N4O2. The fourth-order valence-electron chi connectivity index (χ4n) is 3.86. The van der Waals surface area contributed by atoms with E-state index in [1.807, 2.05) is 18.3 Å². The molecule has 1 fully saturated rings. The Balaban J connectivity index is 1.72. The molecule has 1 aromatic carbocycles. The molecule has 0 saturated carbocycles. The minimum atomic E-state index is 0.462. The summed E-state index contributed by atoms with van der Waals surface area (Å²) in [6, 6.07) is 8.12. The Bertz CT molecular complexity index is 908. The summed E-state index contributed by atoms with van der Waals surface area (Å²) in [6.07, 6.45) is 4.14. The second kappa shape index (κ2) is 6.86. The highest BCUT2D eigenvalue weighted by Crippen LogP contribution is 2.35. The average Bonchev–Trinajstić information content (AvgIpc) is 3.21. The van der Waals surface area contributed by atoms with Crippen LogP contribution < -0.4 is 14.4 Å². The molecule has 6 heteroatoms. The van der Waals surface area contributed by atoms with Crippen LogP contribution in [0.25, 0.3) is 10.9 Å². The summed E-state index contributed by atoms with van der Waals surface area (Å²) in [7, 11) is 3.35. The molecule has 0 bridgehead atoms. The summed E-state index contributed by atoms with van der Waals surface area (Å²) < 4.78 is 11.0. The zero-order valence-corrected chi connectivity index (χ0v) is 15.5. The lowest BCUT2D eigenvalue weighted by Gasteiger charge is -2.33. The monoisotopic (exact) mass is 352 g/mol. The van der Waals surface area contributed by atoms with Crippen molar-refractivity contribution in [2.24, 2.45) is 0 Å². The first-order valence-corrected chi connectivity index (χ1v) is 8.97. The summed E-state index contributed by atoms with van der Waals surface area (Å²) in [5.74, 6) is 3.02. The number of aryl methyl sites for hydroxylation is 1. The van der Waals surface area contributed by atoms with E-state index < -0.39 is 0 Å². The van der Waals surface area contributed by atoms with E-state index in [0.717, 1.165) is 53.3 Å². The third kappa shape index (κ3) is 2.96. The van der Waals surface area contributed by atoms with Gasteiger partial charge in [-0.3, -0.25) is 5.10 Å². The molecule has 2 aromatic heterocycles. The number of anilines is 1. The van der Waals surface area contributed by atoms with Gasteiger partial charge in [0.05, 0.1) is 19.7 Å². The molecule has 3 heterocycles. The first-order chi connectivity index (χ1) is 12.7. The van der Waals surface area contributed by atoms with Gasteiger partial charge >= 0.3 is 0 Å².